The van der Waals surface area contributed by atoms with Gasteiger partial charge in [0.1, 0.15) is 0 Å². The van der Waals surface area contributed by atoms with Gasteiger partial charge >= 0.3 is 0 Å². The van der Waals surface area contributed by atoms with Crippen molar-refractivity contribution in [2.45, 2.75) is 46.2 Å². The van der Waals surface area contributed by atoms with Crippen LogP contribution >= 0.6 is 0 Å². The van der Waals surface area contributed by atoms with Crippen LogP contribution in [-0.2, 0) is 0 Å². The van der Waals surface area contributed by atoms with E-state index in [9.17, 15) is 0 Å². The van der Waals surface area contributed by atoms with E-state index in [1.165, 1.54) is 0 Å². The highest BCUT2D eigenvalue weighted by molar-refractivity contribution is 4.90. The monoisotopic (exact) mass is 196 g/mol. The van der Waals surface area contributed by atoms with Gasteiger partial charge in [-0.2, -0.15) is 0 Å². The number of nitrogens with zero attached hydrogens (tertiary/aromatic N) is 1. The third kappa shape index (κ3) is 6.01. The molecule has 2 heteroatoms. The molecule has 0 saturated heterocycles. The Morgan fingerprint density at radius 1 is 1.36 bits per heavy atom. The van der Waals surface area contributed by atoms with E-state index in [0.717, 1.165) is 26.1 Å². The molecule has 0 saturated carbocycles. The average molecular weight is 196 g/mol. The summed E-state index contributed by atoms with van der Waals surface area (Å²) in [7, 11) is 0. The Hall–Kier alpha value is -0.520. The van der Waals surface area contributed by atoms with Crippen molar-refractivity contribution in [2.24, 2.45) is 0 Å². The van der Waals surface area contributed by atoms with Crippen LogP contribution < -0.4 is 5.32 Å². The van der Waals surface area contributed by atoms with Crippen molar-refractivity contribution in [1.29, 1.82) is 0 Å². The number of rotatable bonds is 7. The SMILES string of the molecule is C#CCN(CCC)C(C)CNC(C)C. The minimum atomic E-state index is 0.522. The highest BCUT2D eigenvalue weighted by atomic mass is 15.2. The molecule has 0 radical (unpaired) electrons. The van der Waals surface area contributed by atoms with Gasteiger partial charge in [-0.05, 0) is 19.9 Å². The zero-order valence-corrected chi connectivity index (χ0v) is 10.0. The number of hydrogen-bond acceptors (Lipinski definition) is 2. The fourth-order valence-electron chi connectivity index (χ4n) is 1.40. The molecule has 1 N–H and O–H groups in total. The molecule has 82 valence electrons. The molecule has 0 aromatic heterocycles. The molecule has 0 heterocycles. The summed E-state index contributed by atoms with van der Waals surface area (Å²) < 4.78 is 0. The van der Waals surface area contributed by atoms with Crippen molar-refractivity contribution in [3.63, 3.8) is 0 Å². The minimum Gasteiger partial charge on any atom is -0.313 e. The first-order valence-corrected chi connectivity index (χ1v) is 5.52. The molecule has 14 heavy (non-hydrogen) atoms. The summed E-state index contributed by atoms with van der Waals surface area (Å²) in [6, 6.07) is 1.07. The molecule has 1 atom stereocenters. The van der Waals surface area contributed by atoms with Crippen LogP contribution in [0.15, 0.2) is 0 Å². The third-order valence-corrected chi connectivity index (χ3v) is 2.25. The van der Waals surface area contributed by atoms with E-state index in [1.54, 1.807) is 0 Å². The van der Waals surface area contributed by atoms with E-state index in [2.05, 4.69) is 43.8 Å². The standard InChI is InChI=1S/C12H24N2/c1-6-8-14(9-7-2)12(5)10-13-11(3)4/h1,11-13H,7-10H2,2-5H3. The Kier molecular flexibility index (Phi) is 7.55. The van der Waals surface area contributed by atoms with E-state index >= 15 is 0 Å². The van der Waals surface area contributed by atoms with Crippen molar-refractivity contribution in [3.8, 4) is 12.3 Å². The van der Waals surface area contributed by atoms with Crippen molar-refractivity contribution in [1.82, 2.24) is 10.2 Å². The smallest absolute Gasteiger partial charge is 0.0601 e. The Morgan fingerprint density at radius 2 is 2.00 bits per heavy atom. The van der Waals surface area contributed by atoms with E-state index in [4.69, 9.17) is 6.42 Å². The highest BCUT2D eigenvalue weighted by Crippen LogP contribution is 1.99. The molecule has 0 bridgehead atoms. The van der Waals surface area contributed by atoms with Crippen LogP contribution in [0.4, 0.5) is 0 Å². The zero-order valence-electron chi connectivity index (χ0n) is 10.0. The van der Waals surface area contributed by atoms with Crippen molar-refractivity contribution in [2.75, 3.05) is 19.6 Å². The maximum atomic E-state index is 5.34. The van der Waals surface area contributed by atoms with Gasteiger partial charge in [0.05, 0.1) is 6.54 Å². The maximum Gasteiger partial charge on any atom is 0.0601 e. The Bertz CT molecular complexity index is 170. The first-order chi connectivity index (χ1) is 6.61. The van der Waals surface area contributed by atoms with E-state index in [0.29, 0.717) is 12.1 Å². The van der Waals surface area contributed by atoms with Crippen molar-refractivity contribution < 1.29 is 0 Å². The van der Waals surface area contributed by atoms with Crippen LogP contribution in [0.25, 0.3) is 0 Å². The second-order valence-corrected chi connectivity index (χ2v) is 4.09. The normalized spacial score (nSPS) is 13.2. The lowest BCUT2D eigenvalue weighted by molar-refractivity contribution is 0.226. The topological polar surface area (TPSA) is 15.3 Å². The third-order valence-electron chi connectivity index (χ3n) is 2.25. The quantitative estimate of drug-likeness (QED) is 0.624. The Labute approximate surface area is 89.1 Å². The minimum absolute atomic E-state index is 0.522. The second kappa shape index (κ2) is 7.84. The summed E-state index contributed by atoms with van der Waals surface area (Å²) in [4.78, 5) is 2.34. The summed E-state index contributed by atoms with van der Waals surface area (Å²) >= 11 is 0. The molecule has 0 aromatic carbocycles. The first kappa shape index (κ1) is 13.5. The van der Waals surface area contributed by atoms with Crippen LogP contribution in [0, 0.1) is 12.3 Å². The number of hydrogen-bond donors (Lipinski definition) is 1. The van der Waals surface area contributed by atoms with E-state index < -0.39 is 0 Å². The lowest BCUT2D eigenvalue weighted by Crippen LogP contribution is -2.42. The highest BCUT2D eigenvalue weighted by Gasteiger charge is 2.11. The summed E-state index contributed by atoms with van der Waals surface area (Å²) in [5.74, 6) is 2.72. The Balaban J connectivity index is 3.88. The van der Waals surface area contributed by atoms with E-state index in [1.807, 2.05) is 0 Å². The molecule has 0 aliphatic heterocycles. The Morgan fingerprint density at radius 3 is 2.43 bits per heavy atom. The van der Waals surface area contributed by atoms with Crippen molar-refractivity contribution in [3.05, 3.63) is 0 Å². The summed E-state index contributed by atoms with van der Waals surface area (Å²) in [6.45, 7) is 11.6. The molecule has 0 fully saturated rings. The van der Waals surface area contributed by atoms with Crippen molar-refractivity contribution >= 4 is 0 Å². The molecule has 1 unspecified atom stereocenters. The van der Waals surface area contributed by atoms with Gasteiger partial charge in [-0.1, -0.05) is 26.7 Å². The summed E-state index contributed by atoms with van der Waals surface area (Å²) in [6.07, 6.45) is 6.50. The maximum absolute atomic E-state index is 5.34. The van der Waals surface area contributed by atoms with E-state index in [-0.39, 0.29) is 0 Å². The lowest BCUT2D eigenvalue weighted by Gasteiger charge is -2.27. The van der Waals surface area contributed by atoms with Gasteiger partial charge < -0.3 is 5.32 Å². The second-order valence-electron chi connectivity index (χ2n) is 4.09. The fraction of sp³-hybridized carbons (Fsp3) is 0.833. The van der Waals surface area contributed by atoms with Gasteiger partial charge in [0.2, 0.25) is 0 Å². The molecule has 0 aliphatic rings. The molecule has 0 spiro atoms. The lowest BCUT2D eigenvalue weighted by atomic mass is 10.2. The fourth-order valence-corrected chi connectivity index (χ4v) is 1.40. The summed E-state index contributed by atoms with van der Waals surface area (Å²) in [5, 5.41) is 3.43. The van der Waals surface area contributed by atoms with Gasteiger partial charge in [-0.15, -0.1) is 6.42 Å². The summed E-state index contributed by atoms with van der Waals surface area (Å²) in [5.41, 5.74) is 0. The molecule has 0 rings (SSSR count). The van der Waals surface area contributed by atoms with Crippen LogP contribution in [0.3, 0.4) is 0 Å². The van der Waals surface area contributed by atoms with Crippen LogP contribution in [0.5, 0.6) is 0 Å². The largest absolute Gasteiger partial charge is 0.313 e. The molecular formula is C12H24N2. The van der Waals surface area contributed by atoms with Gasteiger partial charge in [-0.25, -0.2) is 0 Å². The van der Waals surface area contributed by atoms with Gasteiger partial charge in [-0.3, -0.25) is 4.90 Å². The predicted molar refractivity (Wildman–Crippen MR) is 63.3 cm³/mol. The molecule has 2 nitrogen and oxygen atoms in total. The molecular weight excluding hydrogens is 172 g/mol. The predicted octanol–water partition coefficient (Wildman–Crippen LogP) is 1.72. The number of nitrogens with one attached hydrogen (secondary N) is 1. The average Bonchev–Trinajstić information content (AvgIpc) is 2.14. The van der Waals surface area contributed by atoms with Crippen LogP contribution in [-0.4, -0.2) is 36.6 Å². The molecule has 0 aromatic rings. The molecule has 0 amide bonds. The van der Waals surface area contributed by atoms with Gasteiger partial charge in [0.25, 0.3) is 0 Å². The zero-order chi connectivity index (χ0) is 11.0. The van der Waals surface area contributed by atoms with Gasteiger partial charge in [0.15, 0.2) is 0 Å². The van der Waals surface area contributed by atoms with Crippen LogP contribution in [0.2, 0.25) is 0 Å². The van der Waals surface area contributed by atoms with Gasteiger partial charge in [0, 0.05) is 18.6 Å². The molecule has 0 aliphatic carbocycles. The number of terminal acetylenes is 1. The first-order valence-electron chi connectivity index (χ1n) is 5.52. The van der Waals surface area contributed by atoms with Crippen LogP contribution in [0.1, 0.15) is 34.1 Å².